The van der Waals surface area contributed by atoms with Crippen LogP contribution in [0.5, 0.6) is 5.75 Å². The Bertz CT molecular complexity index is 1230. The third kappa shape index (κ3) is 3.20. The smallest absolute Gasteiger partial charge is 0.336 e. The minimum Gasteiger partial charge on any atom is -0.484 e. The van der Waals surface area contributed by atoms with Crippen LogP contribution >= 0.6 is 0 Å². The van der Waals surface area contributed by atoms with Gasteiger partial charge in [0.1, 0.15) is 11.3 Å². The second kappa shape index (κ2) is 6.25. The molecule has 2 aromatic heterocycles. The van der Waals surface area contributed by atoms with Gasteiger partial charge in [-0.2, -0.15) is 0 Å². The number of amides is 1. The monoisotopic (exact) mass is 351 g/mol. The van der Waals surface area contributed by atoms with E-state index in [-0.39, 0.29) is 18.2 Å². The predicted molar refractivity (Wildman–Crippen MR) is 95.5 cm³/mol. The molecule has 0 bridgehead atoms. The predicted octanol–water partition coefficient (Wildman–Crippen LogP) is 1.98. The third-order valence-corrected chi connectivity index (χ3v) is 3.76. The number of aromatic amines is 2. The lowest BCUT2D eigenvalue weighted by Crippen LogP contribution is -2.20. The lowest BCUT2D eigenvalue weighted by atomic mass is 10.2. The third-order valence-electron chi connectivity index (χ3n) is 3.76. The normalized spacial score (nSPS) is 10.9. The number of nitrogens with one attached hydrogen (secondary N) is 3. The van der Waals surface area contributed by atoms with Crippen molar-refractivity contribution in [2.24, 2.45) is 0 Å². The molecule has 1 amide bonds. The molecule has 130 valence electrons. The molecule has 0 fully saturated rings. The average molecular weight is 351 g/mol. The Morgan fingerprint density at radius 2 is 1.81 bits per heavy atom. The number of carbonyl (C=O) groups excluding carboxylic acids is 1. The summed E-state index contributed by atoms with van der Waals surface area (Å²) in [6.45, 7) is -0.218. The summed E-state index contributed by atoms with van der Waals surface area (Å²) in [6, 6.07) is 13.0. The highest BCUT2D eigenvalue weighted by Crippen LogP contribution is 2.19. The number of fused-ring (bicyclic) bond motifs is 2. The van der Waals surface area contributed by atoms with Gasteiger partial charge in [-0.25, -0.2) is 9.59 Å². The van der Waals surface area contributed by atoms with Crippen LogP contribution in [-0.2, 0) is 4.79 Å². The number of hydrogen-bond acceptors (Lipinski definition) is 5. The fourth-order valence-electron chi connectivity index (χ4n) is 2.59. The summed E-state index contributed by atoms with van der Waals surface area (Å²) in [5.74, 6) is 0.0456. The standard InChI is InChI=1S/C18H13N3O5/c22-16(19-11-3-5-13-14(7-11)21-18(24)20-13)9-25-12-4-1-10-2-6-17(23)26-15(10)8-12/h1-8H,9H2,(H,19,22)(H2,20,21,24). The molecule has 2 heterocycles. The first-order valence-electron chi connectivity index (χ1n) is 7.75. The molecule has 0 spiro atoms. The van der Waals surface area contributed by atoms with Gasteiger partial charge in [-0.1, -0.05) is 0 Å². The van der Waals surface area contributed by atoms with Gasteiger partial charge in [-0.15, -0.1) is 0 Å². The molecular weight excluding hydrogens is 338 g/mol. The molecule has 0 atom stereocenters. The van der Waals surface area contributed by atoms with Crippen LogP contribution in [0.25, 0.3) is 22.0 Å². The van der Waals surface area contributed by atoms with Crippen LogP contribution in [0.1, 0.15) is 0 Å². The summed E-state index contributed by atoms with van der Waals surface area (Å²) >= 11 is 0. The van der Waals surface area contributed by atoms with E-state index in [9.17, 15) is 14.4 Å². The molecule has 0 aliphatic rings. The minimum absolute atomic E-state index is 0.218. The second-order valence-corrected chi connectivity index (χ2v) is 5.63. The molecule has 3 N–H and O–H groups in total. The van der Waals surface area contributed by atoms with Gasteiger partial charge >= 0.3 is 11.3 Å². The van der Waals surface area contributed by atoms with Gasteiger partial charge in [-0.05, 0) is 36.4 Å². The van der Waals surface area contributed by atoms with Crippen LogP contribution in [0.4, 0.5) is 5.69 Å². The van der Waals surface area contributed by atoms with Crippen molar-refractivity contribution in [3.05, 3.63) is 69.4 Å². The van der Waals surface area contributed by atoms with E-state index in [4.69, 9.17) is 9.15 Å². The fraction of sp³-hybridized carbons (Fsp3) is 0.0556. The fourth-order valence-corrected chi connectivity index (χ4v) is 2.59. The van der Waals surface area contributed by atoms with Crippen molar-refractivity contribution < 1.29 is 13.9 Å². The largest absolute Gasteiger partial charge is 0.484 e. The van der Waals surface area contributed by atoms with Crippen molar-refractivity contribution in [3.63, 3.8) is 0 Å². The van der Waals surface area contributed by atoms with Gasteiger partial charge in [0.15, 0.2) is 6.61 Å². The lowest BCUT2D eigenvalue weighted by Gasteiger charge is -2.08. The molecule has 0 saturated heterocycles. The number of imidazole rings is 1. The first kappa shape index (κ1) is 15.7. The van der Waals surface area contributed by atoms with Crippen LogP contribution in [0, 0.1) is 0 Å². The Morgan fingerprint density at radius 1 is 1.00 bits per heavy atom. The molecule has 0 aliphatic carbocycles. The maximum atomic E-state index is 12.1. The van der Waals surface area contributed by atoms with Gasteiger partial charge in [0, 0.05) is 23.2 Å². The molecule has 4 rings (SSSR count). The van der Waals surface area contributed by atoms with Crippen molar-refractivity contribution in [3.8, 4) is 5.75 Å². The van der Waals surface area contributed by atoms with Crippen LogP contribution in [0.15, 0.2) is 62.5 Å². The zero-order chi connectivity index (χ0) is 18.1. The van der Waals surface area contributed by atoms with Gasteiger partial charge in [0.2, 0.25) is 0 Å². The van der Waals surface area contributed by atoms with E-state index < -0.39 is 5.63 Å². The van der Waals surface area contributed by atoms with Gasteiger partial charge in [-0.3, -0.25) is 4.79 Å². The van der Waals surface area contributed by atoms with E-state index in [0.29, 0.717) is 28.1 Å². The van der Waals surface area contributed by atoms with Gasteiger partial charge < -0.3 is 24.4 Å². The van der Waals surface area contributed by atoms with E-state index >= 15 is 0 Å². The minimum atomic E-state index is -0.453. The summed E-state index contributed by atoms with van der Waals surface area (Å²) in [5, 5.41) is 3.45. The number of anilines is 1. The molecule has 0 saturated carbocycles. The highest BCUT2D eigenvalue weighted by Gasteiger charge is 2.07. The van der Waals surface area contributed by atoms with E-state index in [1.165, 1.54) is 6.07 Å². The van der Waals surface area contributed by atoms with Crippen molar-refractivity contribution in [1.29, 1.82) is 0 Å². The van der Waals surface area contributed by atoms with Crippen LogP contribution in [-0.4, -0.2) is 22.5 Å². The van der Waals surface area contributed by atoms with Crippen LogP contribution in [0.3, 0.4) is 0 Å². The van der Waals surface area contributed by atoms with E-state index in [1.807, 2.05) is 0 Å². The highest BCUT2D eigenvalue weighted by molar-refractivity contribution is 5.94. The molecule has 4 aromatic rings. The molecule has 8 heteroatoms. The number of hydrogen-bond donors (Lipinski definition) is 3. The summed E-state index contributed by atoms with van der Waals surface area (Å²) in [4.78, 5) is 39.8. The van der Waals surface area contributed by atoms with Gasteiger partial charge in [0.25, 0.3) is 5.91 Å². The highest BCUT2D eigenvalue weighted by atomic mass is 16.5. The maximum absolute atomic E-state index is 12.1. The Kier molecular flexibility index (Phi) is 3.77. The van der Waals surface area contributed by atoms with Crippen molar-refractivity contribution >= 4 is 33.6 Å². The van der Waals surface area contributed by atoms with Crippen molar-refractivity contribution in [2.75, 3.05) is 11.9 Å². The number of ether oxygens (including phenoxy) is 1. The Hall–Kier alpha value is -3.81. The second-order valence-electron chi connectivity index (χ2n) is 5.63. The number of aromatic nitrogens is 2. The van der Waals surface area contributed by atoms with Gasteiger partial charge in [0.05, 0.1) is 11.0 Å². The average Bonchev–Trinajstić information content (AvgIpc) is 2.99. The zero-order valence-corrected chi connectivity index (χ0v) is 13.4. The molecule has 2 aromatic carbocycles. The molecule has 26 heavy (non-hydrogen) atoms. The molecule has 0 unspecified atom stereocenters. The Morgan fingerprint density at radius 3 is 2.69 bits per heavy atom. The quantitative estimate of drug-likeness (QED) is 0.486. The Balaban J connectivity index is 1.44. The first-order chi connectivity index (χ1) is 12.6. The van der Waals surface area contributed by atoms with E-state index in [0.717, 1.165) is 5.39 Å². The number of benzene rings is 2. The number of H-pyrrole nitrogens is 2. The van der Waals surface area contributed by atoms with Crippen molar-refractivity contribution in [2.45, 2.75) is 0 Å². The van der Waals surface area contributed by atoms with E-state index in [1.54, 1.807) is 42.5 Å². The first-order valence-corrected chi connectivity index (χ1v) is 7.75. The number of rotatable bonds is 4. The summed E-state index contributed by atoms with van der Waals surface area (Å²) in [5.41, 5.74) is 1.41. The topological polar surface area (TPSA) is 117 Å². The molecule has 8 nitrogen and oxygen atoms in total. The molecule has 0 radical (unpaired) electrons. The van der Waals surface area contributed by atoms with E-state index in [2.05, 4.69) is 15.3 Å². The Labute approximate surface area is 145 Å². The summed E-state index contributed by atoms with van der Waals surface area (Å²) in [6.07, 6.45) is 0. The zero-order valence-electron chi connectivity index (χ0n) is 13.4. The molecule has 0 aliphatic heterocycles. The molecular formula is C18H13N3O5. The van der Waals surface area contributed by atoms with Crippen LogP contribution in [0.2, 0.25) is 0 Å². The SMILES string of the molecule is O=C(COc1ccc2ccc(=O)oc2c1)Nc1ccc2[nH]c(=O)[nH]c2c1. The summed E-state index contributed by atoms with van der Waals surface area (Å²) < 4.78 is 10.5. The lowest BCUT2D eigenvalue weighted by molar-refractivity contribution is -0.118. The maximum Gasteiger partial charge on any atom is 0.336 e. The van der Waals surface area contributed by atoms with Crippen LogP contribution < -0.4 is 21.4 Å². The number of carbonyl (C=O) groups is 1. The summed E-state index contributed by atoms with van der Waals surface area (Å²) in [7, 11) is 0. The van der Waals surface area contributed by atoms with Crippen molar-refractivity contribution in [1.82, 2.24) is 9.97 Å².